The van der Waals surface area contributed by atoms with Gasteiger partial charge in [-0.25, -0.2) is 18.1 Å². The van der Waals surface area contributed by atoms with Gasteiger partial charge in [-0.2, -0.15) is 0 Å². The third-order valence-corrected chi connectivity index (χ3v) is 4.43. The van der Waals surface area contributed by atoms with Crippen molar-refractivity contribution in [1.29, 1.82) is 0 Å². The van der Waals surface area contributed by atoms with Crippen molar-refractivity contribution in [1.82, 2.24) is 14.7 Å². The molecule has 1 aromatic rings. The standard InChI is InChI=1S/C8H12ClN3O2S/c1-6-10-4-7(11-6)15(13,14)12-8(5-9)2-3-8/h4,12H,2-3,5H2,1H3,(H,10,11). The van der Waals surface area contributed by atoms with Crippen molar-refractivity contribution in [2.45, 2.75) is 30.3 Å². The molecule has 1 fully saturated rings. The molecule has 0 radical (unpaired) electrons. The maximum atomic E-state index is 11.8. The second-order valence-corrected chi connectivity index (χ2v) is 5.77. The van der Waals surface area contributed by atoms with Gasteiger partial charge in [-0.3, -0.25) is 0 Å². The van der Waals surface area contributed by atoms with E-state index in [0.29, 0.717) is 11.7 Å². The van der Waals surface area contributed by atoms with Crippen molar-refractivity contribution in [2.75, 3.05) is 5.88 Å². The van der Waals surface area contributed by atoms with E-state index in [0.717, 1.165) is 12.8 Å². The van der Waals surface area contributed by atoms with E-state index in [-0.39, 0.29) is 5.03 Å². The van der Waals surface area contributed by atoms with Gasteiger partial charge in [-0.15, -0.1) is 11.6 Å². The molecule has 0 atom stereocenters. The summed E-state index contributed by atoms with van der Waals surface area (Å²) in [6.07, 6.45) is 2.90. The van der Waals surface area contributed by atoms with Crippen LogP contribution < -0.4 is 4.72 Å². The molecule has 84 valence electrons. The summed E-state index contributed by atoms with van der Waals surface area (Å²) in [7, 11) is -3.50. The Morgan fingerprint density at radius 2 is 2.33 bits per heavy atom. The fourth-order valence-electron chi connectivity index (χ4n) is 1.29. The van der Waals surface area contributed by atoms with Gasteiger partial charge >= 0.3 is 0 Å². The average Bonchev–Trinajstić information content (AvgIpc) is 2.78. The van der Waals surface area contributed by atoms with Crippen molar-refractivity contribution in [2.24, 2.45) is 0 Å². The number of hydrogen-bond donors (Lipinski definition) is 2. The van der Waals surface area contributed by atoms with E-state index >= 15 is 0 Å². The lowest BCUT2D eigenvalue weighted by Gasteiger charge is -2.12. The number of hydrogen-bond acceptors (Lipinski definition) is 3. The number of halogens is 1. The SMILES string of the molecule is Cc1ncc(S(=O)(=O)NC2(CCl)CC2)[nH]1. The van der Waals surface area contributed by atoms with Crippen molar-refractivity contribution < 1.29 is 8.42 Å². The Balaban J connectivity index is 2.21. The molecule has 1 heterocycles. The molecule has 5 nitrogen and oxygen atoms in total. The van der Waals surface area contributed by atoms with Crippen molar-refractivity contribution in [3.05, 3.63) is 12.0 Å². The number of alkyl halides is 1. The zero-order valence-corrected chi connectivity index (χ0v) is 9.82. The first kappa shape index (κ1) is 10.9. The molecule has 0 aliphatic heterocycles. The lowest BCUT2D eigenvalue weighted by molar-refractivity contribution is 0.556. The predicted molar refractivity (Wildman–Crippen MR) is 56.3 cm³/mol. The second-order valence-electron chi connectivity index (χ2n) is 3.85. The smallest absolute Gasteiger partial charge is 0.258 e. The van der Waals surface area contributed by atoms with Crippen LogP contribution in [0.25, 0.3) is 0 Å². The number of H-pyrrole nitrogens is 1. The number of rotatable bonds is 4. The first-order chi connectivity index (χ1) is 6.97. The zero-order chi connectivity index (χ0) is 11.1. The van der Waals surface area contributed by atoms with E-state index in [1.165, 1.54) is 6.20 Å². The quantitative estimate of drug-likeness (QED) is 0.774. The highest BCUT2D eigenvalue weighted by Gasteiger charge is 2.45. The van der Waals surface area contributed by atoms with Crippen LogP contribution in [0.3, 0.4) is 0 Å². The first-order valence-corrected chi connectivity index (χ1v) is 6.61. The molecule has 15 heavy (non-hydrogen) atoms. The lowest BCUT2D eigenvalue weighted by atomic mass is 10.4. The monoisotopic (exact) mass is 249 g/mol. The van der Waals surface area contributed by atoms with Gasteiger partial charge < -0.3 is 4.98 Å². The van der Waals surface area contributed by atoms with E-state index in [9.17, 15) is 8.42 Å². The molecule has 2 N–H and O–H groups in total. The summed E-state index contributed by atoms with van der Waals surface area (Å²) < 4.78 is 26.2. The maximum absolute atomic E-state index is 11.8. The number of nitrogens with zero attached hydrogens (tertiary/aromatic N) is 1. The molecule has 1 aliphatic carbocycles. The molecule has 0 amide bonds. The molecule has 0 aromatic carbocycles. The van der Waals surface area contributed by atoms with Crippen LogP contribution in [-0.2, 0) is 10.0 Å². The third kappa shape index (κ3) is 2.16. The number of sulfonamides is 1. The highest BCUT2D eigenvalue weighted by Crippen LogP contribution is 2.37. The molecular weight excluding hydrogens is 238 g/mol. The first-order valence-electron chi connectivity index (χ1n) is 4.59. The molecule has 0 spiro atoms. The Hall–Kier alpha value is -0.590. The van der Waals surface area contributed by atoms with Crippen LogP contribution in [0.5, 0.6) is 0 Å². The van der Waals surface area contributed by atoms with E-state index in [2.05, 4.69) is 14.7 Å². The van der Waals surface area contributed by atoms with Crippen molar-refractivity contribution in [3.63, 3.8) is 0 Å². The Morgan fingerprint density at radius 1 is 1.67 bits per heavy atom. The second kappa shape index (κ2) is 3.47. The summed E-state index contributed by atoms with van der Waals surface area (Å²) in [5.41, 5.74) is -0.431. The normalized spacial score (nSPS) is 19.1. The van der Waals surface area contributed by atoms with Gasteiger partial charge in [0.2, 0.25) is 0 Å². The summed E-state index contributed by atoms with van der Waals surface area (Å²) in [6, 6.07) is 0. The summed E-state index contributed by atoms with van der Waals surface area (Å²) in [5.74, 6) is 0.880. The van der Waals surface area contributed by atoms with Crippen LogP contribution in [0, 0.1) is 6.92 Å². The van der Waals surface area contributed by atoms with Crippen LogP contribution in [0.1, 0.15) is 18.7 Å². The van der Waals surface area contributed by atoms with Crippen molar-refractivity contribution >= 4 is 21.6 Å². The van der Waals surface area contributed by atoms with E-state index in [1.54, 1.807) is 6.92 Å². The lowest BCUT2D eigenvalue weighted by Crippen LogP contribution is -2.38. The minimum absolute atomic E-state index is 0.0939. The Bertz CT molecular complexity index is 464. The van der Waals surface area contributed by atoms with Crippen LogP contribution in [-0.4, -0.2) is 29.8 Å². The van der Waals surface area contributed by atoms with E-state index in [1.807, 2.05) is 0 Å². The Morgan fingerprint density at radius 3 is 2.73 bits per heavy atom. The largest absolute Gasteiger partial charge is 0.332 e. The van der Waals surface area contributed by atoms with E-state index in [4.69, 9.17) is 11.6 Å². The van der Waals surface area contributed by atoms with Gasteiger partial charge in [-0.05, 0) is 19.8 Å². The molecule has 0 unspecified atom stereocenters. The fourth-order valence-corrected chi connectivity index (χ4v) is 3.13. The fraction of sp³-hybridized carbons (Fsp3) is 0.625. The van der Waals surface area contributed by atoms with Crippen LogP contribution in [0.2, 0.25) is 0 Å². The van der Waals surface area contributed by atoms with Gasteiger partial charge in [0.1, 0.15) is 5.82 Å². The van der Waals surface area contributed by atoms with Gasteiger partial charge in [0.25, 0.3) is 10.0 Å². The maximum Gasteiger partial charge on any atom is 0.258 e. The molecule has 1 aliphatic rings. The van der Waals surface area contributed by atoms with Gasteiger partial charge in [0, 0.05) is 11.4 Å². The van der Waals surface area contributed by atoms with Gasteiger partial charge in [-0.1, -0.05) is 0 Å². The van der Waals surface area contributed by atoms with Crippen LogP contribution in [0.4, 0.5) is 0 Å². The van der Waals surface area contributed by atoms with Gasteiger partial charge in [0.15, 0.2) is 5.03 Å². The highest BCUT2D eigenvalue weighted by molar-refractivity contribution is 7.89. The highest BCUT2D eigenvalue weighted by atomic mass is 35.5. The van der Waals surface area contributed by atoms with E-state index < -0.39 is 15.6 Å². The molecule has 7 heteroatoms. The topological polar surface area (TPSA) is 74.8 Å². The molecule has 2 rings (SSSR count). The summed E-state index contributed by atoms with van der Waals surface area (Å²) in [6.45, 7) is 1.70. The Labute approximate surface area is 93.3 Å². The summed E-state index contributed by atoms with van der Waals surface area (Å²) in [4.78, 5) is 6.54. The Kier molecular flexibility index (Phi) is 2.52. The number of aromatic nitrogens is 2. The molecule has 0 bridgehead atoms. The summed E-state index contributed by atoms with van der Waals surface area (Å²) in [5, 5.41) is 0.0939. The third-order valence-electron chi connectivity index (χ3n) is 2.43. The molecule has 1 saturated carbocycles. The minimum Gasteiger partial charge on any atom is -0.332 e. The number of aryl methyl sites for hydroxylation is 1. The molecule has 1 aromatic heterocycles. The van der Waals surface area contributed by atoms with Crippen molar-refractivity contribution in [3.8, 4) is 0 Å². The van der Waals surface area contributed by atoms with Crippen LogP contribution >= 0.6 is 11.6 Å². The number of imidazole rings is 1. The molecule has 0 saturated heterocycles. The summed E-state index contributed by atoms with van der Waals surface area (Å²) >= 11 is 5.70. The minimum atomic E-state index is -3.50. The van der Waals surface area contributed by atoms with Crippen LogP contribution in [0.15, 0.2) is 11.2 Å². The van der Waals surface area contributed by atoms with Gasteiger partial charge in [0.05, 0.1) is 6.20 Å². The average molecular weight is 250 g/mol. The number of nitrogens with one attached hydrogen (secondary N) is 2. The predicted octanol–water partition coefficient (Wildman–Crippen LogP) is 0.768. The molecular formula is C8H12ClN3O2S. The number of aromatic amines is 1. The zero-order valence-electron chi connectivity index (χ0n) is 8.25.